The third kappa shape index (κ3) is 5.88. The molecule has 0 saturated heterocycles. The lowest BCUT2D eigenvalue weighted by molar-refractivity contribution is -0.142. The summed E-state index contributed by atoms with van der Waals surface area (Å²) < 4.78 is 0. The Balaban J connectivity index is 2.62. The fourth-order valence-electron chi connectivity index (χ4n) is 1.93. The monoisotopic (exact) mass is 294 g/mol. The molecule has 0 aromatic carbocycles. The molecule has 0 aliphatic rings. The second-order valence-electron chi connectivity index (χ2n) is 4.73. The molecule has 0 aliphatic carbocycles. The van der Waals surface area contributed by atoms with Crippen molar-refractivity contribution in [2.75, 3.05) is 13.6 Å². The van der Waals surface area contributed by atoms with Gasteiger partial charge in [0.2, 0.25) is 5.91 Å². The minimum atomic E-state index is -1.05. The van der Waals surface area contributed by atoms with Gasteiger partial charge in [0.1, 0.15) is 6.04 Å². The maximum atomic E-state index is 12.2. The average Bonchev–Trinajstić information content (AvgIpc) is 2.49. The second kappa shape index (κ2) is 9.04. The largest absolute Gasteiger partial charge is 0.480 e. The molecule has 0 fully saturated rings. The number of hydrogen-bond donors (Lipinski definition) is 4. The number of rotatable bonds is 9. The van der Waals surface area contributed by atoms with Crippen LogP contribution in [0.1, 0.15) is 18.4 Å². The van der Waals surface area contributed by atoms with Crippen LogP contribution in [0.15, 0.2) is 24.5 Å². The van der Waals surface area contributed by atoms with E-state index in [4.69, 9.17) is 10.8 Å². The summed E-state index contributed by atoms with van der Waals surface area (Å²) in [5.41, 5.74) is 6.32. The summed E-state index contributed by atoms with van der Waals surface area (Å²) in [7, 11) is 1.67. The van der Waals surface area contributed by atoms with Crippen LogP contribution in [0.2, 0.25) is 0 Å². The molecule has 0 unspecified atom stereocenters. The number of aliphatic carboxylic acids is 1. The highest BCUT2D eigenvalue weighted by Crippen LogP contribution is 2.03. The standard InChI is InChI=1S/C14H22N4O3/c1-16-12(9-10-4-7-17-8-5-10)13(19)18-11(14(20)21)3-2-6-15/h4-5,7-8,11-12,16H,2-3,6,9,15H2,1H3,(H,18,19)(H,20,21)/t11-,12-/m0/s1. The first kappa shape index (κ1) is 17.1. The van der Waals surface area contributed by atoms with E-state index in [-0.39, 0.29) is 5.91 Å². The van der Waals surface area contributed by atoms with Crippen molar-refractivity contribution in [3.63, 3.8) is 0 Å². The number of nitrogens with two attached hydrogens (primary N) is 1. The predicted molar refractivity (Wildman–Crippen MR) is 78.6 cm³/mol. The topological polar surface area (TPSA) is 117 Å². The van der Waals surface area contributed by atoms with E-state index in [0.29, 0.717) is 25.8 Å². The van der Waals surface area contributed by atoms with E-state index in [1.54, 1.807) is 19.4 Å². The van der Waals surface area contributed by atoms with Crippen molar-refractivity contribution in [2.45, 2.75) is 31.3 Å². The zero-order valence-corrected chi connectivity index (χ0v) is 12.1. The molecule has 7 nitrogen and oxygen atoms in total. The van der Waals surface area contributed by atoms with Crippen LogP contribution in [0.3, 0.4) is 0 Å². The molecule has 0 saturated carbocycles. The summed E-state index contributed by atoms with van der Waals surface area (Å²) in [6.07, 6.45) is 4.64. The van der Waals surface area contributed by atoms with Gasteiger partial charge < -0.3 is 21.5 Å². The van der Waals surface area contributed by atoms with Crippen molar-refractivity contribution in [3.8, 4) is 0 Å². The molecule has 116 valence electrons. The molecule has 21 heavy (non-hydrogen) atoms. The van der Waals surface area contributed by atoms with Crippen LogP contribution in [0.4, 0.5) is 0 Å². The van der Waals surface area contributed by atoms with Gasteiger partial charge in [0.15, 0.2) is 0 Å². The Kier molecular flexibility index (Phi) is 7.34. The fourth-order valence-corrected chi connectivity index (χ4v) is 1.93. The Labute approximate surface area is 123 Å². The number of aromatic nitrogens is 1. The van der Waals surface area contributed by atoms with E-state index in [0.717, 1.165) is 5.56 Å². The molecular weight excluding hydrogens is 272 g/mol. The zero-order valence-electron chi connectivity index (χ0n) is 12.1. The Morgan fingerprint density at radius 2 is 2.00 bits per heavy atom. The summed E-state index contributed by atoms with van der Waals surface area (Å²) in [5, 5.41) is 14.6. The Bertz CT molecular complexity index is 453. The number of hydrogen-bond acceptors (Lipinski definition) is 5. The lowest BCUT2D eigenvalue weighted by Crippen LogP contribution is -2.50. The van der Waals surface area contributed by atoms with Gasteiger partial charge >= 0.3 is 5.97 Å². The Morgan fingerprint density at radius 3 is 2.52 bits per heavy atom. The fraction of sp³-hybridized carbons (Fsp3) is 0.500. The summed E-state index contributed by atoms with van der Waals surface area (Å²) in [6, 6.07) is 2.24. The number of pyridine rings is 1. The molecule has 0 bridgehead atoms. The van der Waals surface area contributed by atoms with Gasteiger partial charge in [0.25, 0.3) is 0 Å². The summed E-state index contributed by atoms with van der Waals surface area (Å²) in [6.45, 7) is 0.395. The third-order valence-corrected chi connectivity index (χ3v) is 3.17. The first-order valence-corrected chi connectivity index (χ1v) is 6.88. The van der Waals surface area contributed by atoms with Crippen LogP contribution in [0.5, 0.6) is 0 Å². The highest BCUT2D eigenvalue weighted by Gasteiger charge is 2.24. The highest BCUT2D eigenvalue weighted by molar-refractivity contribution is 5.87. The first-order chi connectivity index (χ1) is 10.1. The van der Waals surface area contributed by atoms with Crippen LogP contribution in [-0.2, 0) is 16.0 Å². The summed E-state index contributed by atoms with van der Waals surface area (Å²) in [4.78, 5) is 27.2. The smallest absolute Gasteiger partial charge is 0.326 e. The molecule has 0 spiro atoms. The minimum absolute atomic E-state index is 0.323. The summed E-state index contributed by atoms with van der Waals surface area (Å²) in [5.74, 6) is -1.38. The number of carboxylic acid groups (broad SMARTS) is 1. The van der Waals surface area contributed by atoms with Gasteiger partial charge in [-0.3, -0.25) is 9.78 Å². The van der Waals surface area contributed by atoms with Crippen LogP contribution in [0.25, 0.3) is 0 Å². The molecule has 2 atom stereocenters. The first-order valence-electron chi connectivity index (χ1n) is 6.88. The van der Waals surface area contributed by atoms with Crippen LogP contribution in [-0.4, -0.2) is 47.6 Å². The van der Waals surface area contributed by atoms with Gasteiger partial charge in [-0.25, -0.2) is 4.79 Å². The van der Waals surface area contributed by atoms with Crippen LogP contribution < -0.4 is 16.4 Å². The highest BCUT2D eigenvalue weighted by atomic mass is 16.4. The average molecular weight is 294 g/mol. The minimum Gasteiger partial charge on any atom is -0.480 e. The van der Waals surface area contributed by atoms with Gasteiger partial charge in [0, 0.05) is 12.4 Å². The van der Waals surface area contributed by atoms with Crippen molar-refractivity contribution in [2.24, 2.45) is 5.73 Å². The predicted octanol–water partition coefficient (Wildman–Crippen LogP) is -0.480. The molecule has 7 heteroatoms. The SMILES string of the molecule is CN[C@@H](Cc1ccncc1)C(=O)N[C@@H](CCCN)C(=O)O. The molecular formula is C14H22N4O3. The van der Waals surface area contributed by atoms with Gasteiger partial charge in [-0.15, -0.1) is 0 Å². The van der Waals surface area contributed by atoms with Crippen molar-refractivity contribution in [1.82, 2.24) is 15.6 Å². The van der Waals surface area contributed by atoms with Crippen LogP contribution in [0, 0.1) is 0 Å². The molecule has 5 N–H and O–H groups in total. The molecule has 1 aromatic rings. The molecule has 1 heterocycles. The van der Waals surface area contributed by atoms with E-state index in [1.165, 1.54) is 0 Å². The van der Waals surface area contributed by atoms with E-state index >= 15 is 0 Å². The maximum Gasteiger partial charge on any atom is 0.326 e. The van der Waals surface area contributed by atoms with Gasteiger partial charge in [-0.2, -0.15) is 0 Å². The normalized spacial score (nSPS) is 13.4. The van der Waals surface area contributed by atoms with E-state index in [9.17, 15) is 9.59 Å². The third-order valence-electron chi connectivity index (χ3n) is 3.17. The van der Waals surface area contributed by atoms with Crippen molar-refractivity contribution < 1.29 is 14.7 Å². The van der Waals surface area contributed by atoms with Gasteiger partial charge in [-0.1, -0.05) is 0 Å². The number of nitrogens with one attached hydrogen (secondary N) is 2. The number of carbonyl (C=O) groups is 2. The Morgan fingerprint density at radius 1 is 1.33 bits per heavy atom. The maximum absolute atomic E-state index is 12.2. The summed E-state index contributed by atoms with van der Waals surface area (Å²) >= 11 is 0. The number of carboxylic acids is 1. The van der Waals surface area contributed by atoms with E-state index in [2.05, 4.69) is 15.6 Å². The molecule has 1 aromatic heterocycles. The number of likely N-dealkylation sites (N-methyl/N-ethyl adjacent to an activating group) is 1. The van der Waals surface area contributed by atoms with Gasteiger partial charge in [-0.05, 0) is 50.6 Å². The van der Waals surface area contributed by atoms with E-state index < -0.39 is 18.1 Å². The number of nitrogens with zero attached hydrogens (tertiary/aromatic N) is 1. The van der Waals surface area contributed by atoms with E-state index in [1.807, 2.05) is 12.1 Å². The molecule has 1 amide bonds. The van der Waals surface area contributed by atoms with Crippen LogP contribution >= 0.6 is 0 Å². The quantitative estimate of drug-likeness (QED) is 0.489. The van der Waals surface area contributed by atoms with Gasteiger partial charge in [0.05, 0.1) is 6.04 Å². The Hall–Kier alpha value is -1.99. The lowest BCUT2D eigenvalue weighted by Gasteiger charge is -2.20. The van der Waals surface area contributed by atoms with Crippen molar-refractivity contribution in [3.05, 3.63) is 30.1 Å². The number of carbonyl (C=O) groups excluding carboxylic acids is 1. The molecule has 0 aliphatic heterocycles. The van der Waals surface area contributed by atoms with Crippen molar-refractivity contribution >= 4 is 11.9 Å². The lowest BCUT2D eigenvalue weighted by atomic mass is 10.1. The van der Waals surface area contributed by atoms with Crippen molar-refractivity contribution in [1.29, 1.82) is 0 Å². The molecule has 0 radical (unpaired) electrons. The zero-order chi connectivity index (χ0) is 15.7. The molecule has 1 rings (SSSR count). The number of amides is 1. The second-order valence-corrected chi connectivity index (χ2v) is 4.73.